The lowest BCUT2D eigenvalue weighted by Gasteiger charge is -2.18. The molecule has 0 aromatic heterocycles. The Balaban J connectivity index is 4.26. The van der Waals surface area contributed by atoms with Crippen LogP contribution in [-0.2, 0) is 23.8 Å². The molecule has 66 heavy (non-hydrogen) atoms. The molecule has 0 aromatic carbocycles. The third-order valence-electron chi connectivity index (χ3n) is 12.5. The molecule has 0 saturated carbocycles. The van der Waals surface area contributed by atoms with Crippen molar-refractivity contribution >= 4 is 11.9 Å². The Labute approximate surface area is 411 Å². The van der Waals surface area contributed by atoms with Gasteiger partial charge in [-0.3, -0.25) is 9.59 Å². The van der Waals surface area contributed by atoms with E-state index in [9.17, 15) is 9.59 Å². The minimum absolute atomic E-state index is 0.0776. The molecule has 1 unspecified atom stereocenters. The second-order valence-corrected chi connectivity index (χ2v) is 19.2. The van der Waals surface area contributed by atoms with E-state index in [0.717, 1.165) is 57.8 Å². The van der Waals surface area contributed by atoms with Gasteiger partial charge in [-0.2, -0.15) is 0 Å². The van der Waals surface area contributed by atoms with Gasteiger partial charge in [0, 0.05) is 19.4 Å². The maximum absolute atomic E-state index is 12.9. The van der Waals surface area contributed by atoms with Crippen molar-refractivity contribution in [1.29, 1.82) is 0 Å². The first kappa shape index (κ1) is 63.6. The molecule has 0 rings (SSSR count). The van der Waals surface area contributed by atoms with Gasteiger partial charge in [0.2, 0.25) is 0 Å². The van der Waals surface area contributed by atoms with Gasteiger partial charge in [0.15, 0.2) is 6.10 Å². The molecule has 0 radical (unpaired) electrons. The number of allylic oxidation sites excluding steroid dienone is 10. The van der Waals surface area contributed by atoms with Crippen molar-refractivity contribution in [3.05, 3.63) is 60.8 Å². The van der Waals surface area contributed by atoms with Crippen molar-refractivity contribution in [2.75, 3.05) is 19.8 Å². The zero-order valence-electron chi connectivity index (χ0n) is 44.2. The average molecular weight is 924 g/mol. The van der Waals surface area contributed by atoms with Crippen LogP contribution in [0.1, 0.15) is 290 Å². The Morgan fingerprint density at radius 1 is 0.333 bits per heavy atom. The molecule has 0 aliphatic carbocycles. The van der Waals surface area contributed by atoms with Crippen molar-refractivity contribution in [2.24, 2.45) is 0 Å². The van der Waals surface area contributed by atoms with Crippen LogP contribution >= 0.6 is 0 Å². The van der Waals surface area contributed by atoms with Crippen molar-refractivity contribution in [1.82, 2.24) is 0 Å². The van der Waals surface area contributed by atoms with Gasteiger partial charge in [-0.15, -0.1) is 0 Å². The van der Waals surface area contributed by atoms with Crippen LogP contribution < -0.4 is 0 Å². The zero-order chi connectivity index (χ0) is 47.7. The fourth-order valence-electron chi connectivity index (χ4n) is 8.16. The van der Waals surface area contributed by atoms with Crippen molar-refractivity contribution in [3.8, 4) is 0 Å². The van der Waals surface area contributed by atoms with Gasteiger partial charge in [-0.05, 0) is 103 Å². The topological polar surface area (TPSA) is 61.8 Å². The Morgan fingerprint density at radius 2 is 0.667 bits per heavy atom. The average Bonchev–Trinajstić information content (AvgIpc) is 3.32. The van der Waals surface area contributed by atoms with Crippen LogP contribution in [0.25, 0.3) is 0 Å². The van der Waals surface area contributed by atoms with Gasteiger partial charge in [0.1, 0.15) is 6.61 Å². The SMILES string of the molecule is CCC/C=C\C/C=C\CCCCCCCCOCC(COC(=O)CCCCCCCCCCC/C=C\C/C=C\CCCCC)OC(=O)CCCCCCCCC/C=C\CCCCCCCC. The molecule has 0 saturated heterocycles. The molecule has 0 aromatic rings. The maximum Gasteiger partial charge on any atom is 0.306 e. The molecule has 5 heteroatoms. The summed E-state index contributed by atoms with van der Waals surface area (Å²) in [7, 11) is 0. The minimum atomic E-state index is -0.547. The van der Waals surface area contributed by atoms with Crippen LogP contribution in [0.5, 0.6) is 0 Å². The summed E-state index contributed by atoms with van der Waals surface area (Å²) in [5, 5.41) is 0. The smallest absolute Gasteiger partial charge is 0.306 e. The van der Waals surface area contributed by atoms with Crippen LogP contribution in [0.3, 0.4) is 0 Å². The monoisotopic (exact) mass is 923 g/mol. The van der Waals surface area contributed by atoms with E-state index in [2.05, 4.69) is 81.5 Å². The molecule has 0 amide bonds. The summed E-state index contributed by atoms with van der Waals surface area (Å²) < 4.78 is 17.5. The number of rotatable bonds is 53. The highest BCUT2D eigenvalue weighted by molar-refractivity contribution is 5.70. The van der Waals surface area contributed by atoms with Crippen LogP contribution in [0.4, 0.5) is 0 Å². The summed E-state index contributed by atoms with van der Waals surface area (Å²) in [6, 6.07) is 0. The summed E-state index contributed by atoms with van der Waals surface area (Å²) in [5.74, 6) is -0.403. The zero-order valence-corrected chi connectivity index (χ0v) is 44.2. The normalized spacial score (nSPS) is 12.6. The molecule has 384 valence electrons. The Kier molecular flexibility index (Phi) is 54.9. The van der Waals surface area contributed by atoms with E-state index in [-0.39, 0.29) is 25.2 Å². The van der Waals surface area contributed by atoms with Crippen LogP contribution in [0, 0.1) is 0 Å². The van der Waals surface area contributed by atoms with Crippen LogP contribution in [0.2, 0.25) is 0 Å². The first-order chi connectivity index (χ1) is 32.6. The molecular weight excluding hydrogens is 813 g/mol. The third-order valence-corrected chi connectivity index (χ3v) is 12.5. The predicted molar refractivity (Wildman–Crippen MR) is 288 cm³/mol. The standard InChI is InChI=1S/C61H110O5/c1-4-7-10-13-16-19-22-25-28-30-31-33-34-36-39-42-45-48-51-54-60(62)65-58-59(57-64-56-53-50-47-44-41-38-27-24-21-18-15-12-9-6-3)66-61(63)55-52-49-46-43-40-37-35-32-29-26-23-20-17-14-11-8-5-2/h12,15-16,19,21,24-26,28-29,59H,4-11,13-14,17-18,20,22-23,27,30-58H2,1-3H3/b15-12-,19-16-,24-21-,28-25-,29-26-. The number of hydrogen-bond acceptors (Lipinski definition) is 5. The Bertz CT molecular complexity index is 1130. The highest BCUT2D eigenvalue weighted by Gasteiger charge is 2.17. The van der Waals surface area contributed by atoms with Crippen molar-refractivity contribution in [2.45, 2.75) is 297 Å². The first-order valence-corrected chi connectivity index (χ1v) is 28.8. The van der Waals surface area contributed by atoms with E-state index in [4.69, 9.17) is 14.2 Å². The van der Waals surface area contributed by atoms with Crippen LogP contribution in [0.15, 0.2) is 60.8 Å². The molecule has 0 aliphatic rings. The Hall–Kier alpha value is -2.40. The lowest BCUT2D eigenvalue weighted by molar-refractivity contribution is -0.163. The van der Waals surface area contributed by atoms with Crippen LogP contribution in [-0.4, -0.2) is 37.9 Å². The quantitative estimate of drug-likeness (QED) is 0.0346. The van der Waals surface area contributed by atoms with E-state index in [1.54, 1.807) is 0 Å². The molecule has 0 spiro atoms. The van der Waals surface area contributed by atoms with E-state index >= 15 is 0 Å². The molecule has 5 nitrogen and oxygen atoms in total. The molecule has 0 N–H and O–H groups in total. The lowest BCUT2D eigenvalue weighted by atomic mass is 10.1. The number of carbonyl (C=O) groups excluding carboxylic acids is 2. The number of carbonyl (C=O) groups is 2. The Morgan fingerprint density at radius 3 is 1.11 bits per heavy atom. The van der Waals surface area contributed by atoms with Gasteiger partial charge in [0.05, 0.1) is 6.61 Å². The number of hydrogen-bond donors (Lipinski definition) is 0. The molecule has 0 heterocycles. The van der Waals surface area contributed by atoms with Gasteiger partial charge >= 0.3 is 11.9 Å². The summed E-state index contributed by atoms with van der Waals surface area (Å²) in [5.41, 5.74) is 0. The molecule has 0 bridgehead atoms. The van der Waals surface area contributed by atoms with E-state index in [0.29, 0.717) is 19.4 Å². The lowest BCUT2D eigenvalue weighted by Crippen LogP contribution is -2.30. The minimum Gasteiger partial charge on any atom is -0.462 e. The summed E-state index contributed by atoms with van der Waals surface area (Å²) in [6.07, 6.45) is 72.3. The van der Waals surface area contributed by atoms with Crippen molar-refractivity contribution < 1.29 is 23.8 Å². The number of esters is 2. The van der Waals surface area contributed by atoms with E-state index in [1.165, 1.54) is 199 Å². The summed E-state index contributed by atoms with van der Waals surface area (Å²) in [6.45, 7) is 7.74. The van der Waals surface area contributed by atoms with E-state index in [1.807, 2.05) is 0 Å². The van der Waals surface area contributed by atoms with Gasteiger partial charge in [0.25, 0.3) is 0 Å². The highest BCUT2D eigenvalue weighted by atomic mass is 16.6. The van der Waals surface area contributed by atoms with Gasteiger partial charge in [-0.1, -0.05) is 236 Å². The maximum atomic E-state index is 12.9. The fourth-order valence-corrected chi connectivity index (χ4v) is 8.16. The highest BCUT2D eigenvalue weighted by Crippen LogP contribution is 2.15. The molecule has 0 aliphatic heterocycles. The molecule has 0 fully saturated rings. The largest absolute Gasteiger partial charge is 0.462 e. The van der Waals surface area contributed by atoms with E-state index < -0.39 is 6.10 Å². The number of ether oxygens (including phenoxy) is 3. The second-order valence-electron chi connectivity index (χ2n) is 19.2. The first-order valence-electron chi connectivity index (χ1n) is 28.8. The fraction of sp³-hybridized carbons (Fsp3) is 0.803. The second kappa shape index (κ2) is 56.9. The summed E-state index contributed by atoms with van der Waals surface area (Å²) in [4.78, 5) is 25.5. The predicted octanol–water partition coefficient (Wildman–Crippen LogP) is 19.7. The molecular formula is C61H110O5. The van der Waals surface area contributed by atoms with Gasteiger partial charge in [-0.25, -0.2) is 0 Å². The summed E-state index contributed by atoms with van der Waals surface area (Å²) >= 11 is 0. The molecule has 1 atom stereocenters. The van der Waals surface area contributed by atoms with Crippen molar-refractivity contribution in [3.63, 3.8) is 0 Å². The third kappa shape index (κ3) is 54.2. The van der Waals surface area contributed by atoms with Gasteiger partial charge < -0.3 is 14.2 Å². The number of unbranched alkanes of at least 4 members (excludes halogenated alkanes) is 32.